The second-order valence-electron chi connectivity index (χ2n) is 7.68. The molecule has 0 fully saturated rings. The van der Waals surface area contributed by atoms with Crippen molar-refractivity contribution in [2.24, 2.45) is 0 Å². The molecule has 0 amide bonds. The number of alkyl halides is 3. The van der Waals surface area contributed by atoms with E-state index in [1.807, 2.05) is 19.9 Å². The molecular weight excluding hydrogens is 419 g/mol. The lowest BCUT2D eigenvalue weighted by molar-refractivity contribution is -0.137. The number of hydrogen-bond donors (Lipinski definition) is 0. The number of nitrogens with zero attached hydrogens (tertiary/aromatic N) is 5. The van der Waals surface area contributed by atoms with Crippen LogP contribution in [0.2, 0.25) is 0 Å². The molecule has 3 heterocycles. The minimum atomic E-state index is -4.51. The highest BCUT2D eigenvalue weighted by molar-refractivity contribution is 6.05. The Balaban J connectivity index is 1.95. The van der Waals surface area contributed by atoms with Crippen molar-refractivity contribution in [1.29, 1.82) is 0 Å². The fraction of sp³-hybridized carbons (Fsp3) is 0.217. The number of halogens is 3. The lowest BCUT2D eigenvalue weighted by Crippen LogP contribution is -2.23. The first-order chi connectivity index (χ1) is 15.3. The maximum atomic E-state index is 13.4. The van der Waals surface area contributed by atoms with Gasteiger partial charge in [0.25, 0.3) is 5.56 Å². The zero-order valence-corrected chi connectivity index (χ0v) is 17.3. The molecule has 0 spiro atoms. The van der Waals surface area contributed by atoms with Crippen molar-refractivity contribution in [3.05, 3.63) is 70.8 Å². The van der Waals surface area contributed by atoms with E-state index in [1.165, 1.54) is 27.6 Å². The summed E-state index contributed by atoms with van der Waals surface area (Å²) in [6, 6.07) is 11.9. The summed E-state index contributed by atoms with van der Waals surface area (Å²) >= 11 is 0. The maximum Gasteiger partial charge on any atom is 0.416 e. The minimum absolute atomic E-state index is 0.0974. The first-order valence-corrected chi connectivity index (χ1v) is 10.1. The molecule has 5 aromatic rings. The van der Waals surface area contributed by atoms with Crippen LogP contribution in [0, 0.1) is 0 Å². The van der Waals surface area contributed by atoms with E-state index in [9.17, 15) is 18.0 Å². The van der Waals surface area contributed by atoms with Crippen molar-refractivity contribution in [3.8, 4) is 5.69 Å². The van der Waals surface area contributed by atoms with Crippen molar-refractivity contribution >= 4 is 33.2 Å². The molecule has 0 aliphatic heterocycles. The molecule has 32 heavy (non-hydrogen) atoms. The molecular formula is C23H18F3N5O. The van der Waals surface area contributed by atoms with Crippen molar-refractivity contribution in [2.75, 3.05) is 0 Å². The molecule has 0 bridgehead atoms. The Morgan fingerprint density at radius 2 is 1.72 bits per heavy atom. The highest BCUT2D eigenvalue weighted by atomic mass is 19.4. The van der Waals surface area contributed by atoms with Crippen LogP contribution in [0.15, 0.2) is 59.7 Å². The molecule has 9 heteroatoms. The monoisotopic (exact) mass is 437 g/mol. The highest BCUT2D eigenvalue weighted by Crippen LogP contribution is 2.33. The van der Waals surface area contributed by atoms with Gasteiger partial charge in [-0.25, -0.2) is 15.0 Å². The Bertz CT molecular complexity index is 1550. The normalized spacial score (nSPS) is 13.3. The van der Waals surface area contributed by atoms with E-state index in [1.54, 1.807) is 18.2 Å². The van der Waals surface area contributed by atoms with Crippen molar-refractivity contribution in [2.45, 2.75) is 32.5 Å². The van der Waals surface area contributed by atoms with Crippen molar-refractivity contribution in [3.63, 3.8) is 0 Å². The lowest BCUT2D eigenvalue weighted by Gasteiger charge is -2.13. The third-order valence-corrected chi connectivity index (χ3v) is 5.69. The molecule has 0 unspecified atom stereocenters. The SMILES string of the molecule is CC[C@H](C)n1cnc2c(c1=O)c1nc3ccccc3nc1n2-c1cccc(C(F)(F)F)c1. The molecule has 6 nitrogen and oxygen atoms in total. The van der Waals surface area contributed by atoms with E-state index in [4.69, 9.17) is 0 Å². The van der Waals surface area contributed by atoms with Crippen LogP contribution in [0.4, 0.5) is 13.2 Å². The Labute approximate surface area is 180 Å². The third-order valence-electron chi connectivity index (χ3n) is 5.69. The van der Waals surface area contributed by atoms with Crippen LogP contribution in [-0.4, -0.2) is 24.1 Å². The molecule has 0 saturated carbocycles. The average Bonchev–Trinajstić information content (AvgIpc) is 3.10. The summed E-state index contributed by atoms with van der Waals surface area (Å²) in [6.07, 6.45) is -2.36. The molecule has 0 saturated heterocycles. The zero-order valence-electron chi connectivity index (χ0n) is 17.3. The molecule has 162 valence electrons. The summed E-state index contributed by atoms with van der Waals surface area (Å²) in [5, 5.41) is 0.235. The molecule has 0 aliphatic rings. The zero-order chi connectivity index (χ0) is 22.6. The number of fused-ring (bicyclic) bond motifs is 4. The molecule has 2 aromatic carbocycles. The molecule has 3 aromatic heterocycles. The smallest absolute Gasteiger partial charge is 0.296 e. The van der Waals surface area contributed by atoms with Gasteiger partial charge < -0.3 is 0 Å². The summed E-state index contributed by atoms with van der Waals surface area (Å²) in [6.45, 7) is 3.86. The van der Waals surface area contributed by atoms with Gasteiger partial charge in [-0.2, -0.15) is 13.2 Å². The average molecular weight is 437 g/mol. The summed E-state index contributed by atoms with van der Waals surface area (Å²) in [4.78, 5) is 27.2. The number of aromatic nitrogens is 5. The third kappa shape index (κ3) is 3.04. The van der Waals surface area contributed by atoms with Crippen LogP contribution < -0.4 is 5.56 Å². The van der Waals surface area contributed by atoms with Gasteiger partial charge in [0.15, 0.2) is 11.3 Å². The van der Waals surface area contributed by atoms with Crippen molar-refractivity contribution < 1.29 is 13.2 Å². The summed E-state index contributed by atoms with van der Waals surface area (Å²) in [5.74, 6) is 0. The standard InChI is InChI=1S/C23H18F3N5O/c1-3-13(2)30-12-27-20-18(22(30)32)19-21(29-17-10-5-4-9-16(17)28-19)31(20)15-8-6-7-14(11-15)23(24,25)26/h4-13H,3H2,1-2H3/t13-/m0/s1. The van der Waals surface area contributed by atoms with Gasteiger partial charge >= 0.3 is 6.18 Å². The van der Waals surface area contributed by atoms with Crippen molar-refractivity contribution in [1.82, 2.24) is 24.1 Å². The van der Waals surface area contributed by atoms with Gasteiger partial charge in [0.2, 0.25) is 0 Å². The van der Waals surface area contributed by atoms with Gasteiger partial charge in [-0.3, -0.25) is 13.9 Å². The lowest BCUT2D eigenvalue weighted by atomic mass is 10.2. The number of hydrogen-bond acceptors (Lipinski definition) is 4. The highest BCUT2D eigenvalue weighted by Gasteiger charge is 2.31. The van der Waals surface area contributed by atoms with Gasteiger partial charge in [-0.1, -0.05) is 25.1 Å². The Morgan fingerprint density at radius 3 is 2.41 bits per heavy atom. The minimum Gasteiger partial charge on any atom is -0.296 e. The van der Waals surface area contributed by atoms with E-state index in [-0.39, 0.29) is 34.0 Å². The first kappa shape index (κ1) is 20.2. The van der Waals surface area contributed by atoms with Crippen LogP contribution in [0.25, 0.3) is 38.9 Å². The number of benzene rings is 2. The van der Waals surface area contributed by atoms with Gasteiger partial charge in [-0.05, 0) is 43.7 Å². The van der Waals surface area contributed by atoms with E-state index in [0.29, 0.717) is 23.0 Å². The molecule has 1 atom stereocenters. The van der Waals surface area contributed by atoms with Crippen LogP contribution in [0.3, 0.4) is 0 Å². The van der Waals surface area contributed by atoms with Crippen LogP contribution >= 0.6 is 0 Å². The second kappa shape index (κ2) is 7.15. The fourth-order valence-electron chi connectivity index (χ4n) is 3.83. The van der Waals surface area contributed by atoms with E-state index < -0.39 is 11.7 Å². The van der Waals surface area contributed by atoms with Crippen LogP contribution in [0.5, 0.6) is 0 Å². The molecule has 0 N–H and O–H groups in total. The number of rotatable bonds is 3. The number of para-hydroxylation sites is 2. The molecule has 0 radical (unpaired) electrons. The Hall–Kier alpha value is -3.75. The predicted octanol–water partition coefficient (Wildman–Crippen LogP) is 5.27. The van der Waals surface area contributed by atoms with E-state index in [0.717, 1.165) is 12.1 Å². The summed E-state index contributed by atoms with van der Waals surface area (Å²) in [5.41, 5.74) is 1.07. The fourth-order valence-corrected chi connectivity index (χ4v) is 3.83. The molecule has 0 aliphatic carbocycles. The summed E-state index contributed by atoms with van der Waals surface area (Å²) < 4.78 is 43.1. The van der Waals surface area contributed by atoms with E-state index >= 15 is 0 Å². The maximum absolute atomic E-state index is 13.4. The first-order valence-electron chi connectivity index (χ1n) is 10.1. The predicted molar refractivity (Wildman–Crippen MR) is 116 cm³/mol. The topological polar surface area (TPSA) is 65.6 Å². The van der Waals surface area contributed by atoms with E-state index in [2.05, 4.69) is 15.0 Å². The van der Waals surface area contributed by atoms with Gasteiger partial charge in [-0.15, -0.1) is 0 Å². The van der Waals surface area contributed by atoms with Gasteiger partial charge in [0.1, 0.15) is 17.2 Å². The van der Waals surface area contributed by atoms with Gasteiger partial charge in [0, 0.05) is 11.7 Å². The Kier molecular flexibility index (Phi) is 4.51. The van der Waals surface area contributed by atoms with Crippen LogP contribution in [0.1, 0.15) is 31.9 Å². The Morgan fingerprint density at radius 1 is 1.00 bits per heavy atom. The van der Waals surface area contributed by atoms with Crippen LogP contribution in [-0.2, 0) is 6.18 Å². The molecule has 5 rings (SSSR count). The summed E-state index contributed by atoms with van der Waals surface area (Å²) in [7, 11) is 0. The largest absolute Gasteiger partial charge is 0.416 e. The quantitative estimate of drug-likeness (QED) is 0.386. The second-order valence-corrected chi connectivity index (χ2v) is 7.68. The van der Waals surface area contributed by atoms with Gasteiger partial charge in [0.05, 0.1) is 16.6 Å².